The number of carbonyl (C=O) groups excluding carboxylic acids is 1. The minimum Gasteiger partial charge on any atom is -0.355 e. The van der Waals surface area contributed by atoms with Gasteiger partial charge in [-0.1, -0.05) is 43.0 Å². The lowest BCUT2D eigenvalue weighted by atomic mass is 10.3. The van der Waals surface area contributed by atoms with E-state index in [1.807, 2.05) is 59.3 Å². The second-order valence-electron chi connectivity index (χ2n) is 5.09. The third-order valence-electron chi connectivity index (χ3n) is 3.29. The molecule has 0 bridgehead atoms. The highest BCUT2D eigenvalue weighted by atomic mass is 32.2. The van der Waals surface area contributed by atoms with Crippen molar-refractivity contribution < 1.29 is 4.79 Å². The smallest absolute Gasteiger partial charge is 0.230 e. The van der Waals surface area contributed by atoms with Crippen molar-refractivity contribution in [3.8, 4) is 16.4 Å². The van der Waals surface area contributed by atoms with Gasteiger partial charge >= 0.3 is 0 Å². The molecule has 0 fully saturated rings. The molecule has 24 heavy (non-hydrogen) atoms. The first-order valence-corrected chi connectivity index (χ1v) is 9.60. The van der Waals surface area contributed by atoms with Gasteiger partial charge in [0.2, 0.25) is 5.91 Å². The molecule has 0 atom stereocenters. The highest BCUT2D eigenvalue weighted by Gasteiger charge is 2.17. The largest absolute Gasteiger partial charge is 0.355 e. The van der Waals surface area contributed by atoms with Crippen LogP contribution in [-0.2, 0) is 4.79 Å². The standard InChI is InChI=1S/C17H18N4OS2/c1-2-10-18-15(22)12-24-17-20-19-16(14-9-6-11-23-14)21(17)13-7-4-3-5-8-13/h3-9,11H,2,10,12H2,1H3,(H,18,22). The number of nitrogens with zero attached hydrogens (tertiary/aromatic N) is 3. The molecule has 1 N–H and O–H groups in total. The van der Waals surface area contributed by atoms with Crippen LogP contribution < -0.4 is 5.32 Å². The third kappa shape index (κ3) is 3.85. The Kier molecular flexibility index (Phi) is 5.66. The van der Waals surface area contributed by atoms with E-state index in [0.717, 1.165) is 28.0 Å². The molecule has 1 amide bonds. The summed E-state index contributed by atoms with van der Waals surface area (Å²) < 4.78 is 2.00. The molecule has 1 aromatic carbocycles. The Balaban J connectivity index is 1.88. The molecular formula is C17H18N4OS2. The third-order valence-corrected chi connectivity index (χ3v) is 5.09. The second kappa shape index (κ2) is 8.12. The summed E-state index contributed by atoms with van der Waals surface area (Å²) in [5, 5.41) is 14.3. The molecule has 7 heteroatoms. The van der Waals surface area contributed by atoms with Gasteiger partial charge in [0.25, 0.3) is 0 Å². The van der Waals surface area contributed by atoms with Crippen molar-refractivity contribution in [2.24, 2.45) is 0 Å². The van der Waals surface area contributed by atoms with Gasteiger partial charge in [0.15, 0.2) is 11.0 Å². The molecule has 0 aliphatic carbocycles. The zero-order chi connectivity index (χ0) is 16.8. The van der Waals surface area contributed by atoms with E-state index in [2.05, 4.69) is 15.5 Å². The molecule has 5 nitrogen and oxygen atoms in total. The Morgan fingerprint density at radius 2 is 2.04 bits per heavy atom. The van der Waals surface area contributed by atoms with Crippen molar-refractivity contribution in [1.82, 2.24) is 20.1 Å². The summed E-state index contributed by atoms with van der Waals surface area (Å²) >= 11 is 3.02. The highest BCUT2D eigenvalue weighted by Crippen LogP contribution is 2.30. The number of nitrogens with one attached hydrogen (secondary N) is 1. The van der Waals surface area contributed by atoms with Crippen LogP contribution in [0.15, 0.2) is 53.0 Å². The van der Waals surface area contributed by atoms with Gasteiger partial charge in [-0.3, -0.25) is 9.36 Å². The number of thiophene rings is 1. The number of carbonyl (C=O) groups is 1. The van der Waals surface area contributed by atoms with Crippen LogP contribution in [0.2, 0.25) is 0 Å². The monoisotopic (exact) mass is 358 g/mol. The summed E-state index contributed by atoms with van der Waals surface area (Å²) in [5.41, 5.74) is 0.988. The number of amides is 1. The number of hydrogen-bond donors (Lipinski definition) is 1. The summed E-state index contributed by atoms with van der Waals surface area (Å²) in [4.78, 5) is 12.9. The van der Waals surface area contributed by atoms with Crippen molar-refractivity contribution in [3.63, 3.8) is 0 Å². The lowest BCUT2D eigenvalue weighted by Gasteiger charge is -2.09. The number of benzene rings is 1. The van der Waals surface area contributed by atoms with Crippen LogP contribution in [0.25, 0.3) is 16.4 Å². The van der Waals surface area contributed by atoms with E-state index in [-0.39, 0.29) is 5.91 Å². The molecular weight excluding hydrogens is 340 g/mol. The van der Waals surface area contributed by atoms with E-state index in [1.165, 1.54) is 11.8 Å². The van der Waals surface area contributed by atoms with Crippen LogP contribution >= 0.6 is 23.1 Å². The maximum atomic E-state index is 11.9. The summed E-state index contributed by atoms with van der Waals surface area (Å²) in [6.07, 6.45) is 0.930. The van der Waals surface area contributed by atoms with E-state index >= 15 is 0 Å². The van der Waals surface area contributed by atoms with Crippen molar-refractivity contribution in [2.75, 3.05) is 12.3 Å². The molecule has 3 rings (SSSR count). The Morgan fingerprint density at radius 3 is 2.75 bits per heavy atom. The quantitative estimate of drug-likeness (QED) is 0.656. The summed E-state index contributed by atoms with van der Waals surface area (Å²) in [5.74, 6) is 1.14. The van der Waals surface area contributed by atoms with Gasteiger partial charge in [-0.15, -0.1) is 21.5 Å². The predicted molar refractivity (Wildman–Crippen MR) is 98.7 cm³/mol. The van der Waals surface area contributed by atoms with Gasteiger partial charge in [0.05, 0.1) is 10.6 Å². The number of aromatic nitrogens is 3. The summed E-state index contributed by atoms with van der Waals surface area (Å²) in [7, 11) is 0. The predicted octanol–water partition coefficient (Wildman–Crippen LogP) is 3.61. The maximum absolute atomic E-state index is 11.9. The van der Waals surface area contributed by atoms with E-state index in [4.69, 9.17) is 0 Å². The van der Waals surface area contributed by atoms with Crippen molar-refractivity contribution >= 4 is 29.0 Å². The minimum absolute atomic E-state index is 0.0159. The second-order valence-corrected chi connectivity index (χ2v) is 6.98. The van der Waals surface area contributed by atoms with E-state index < -0.39 is 0 Å². The summed E-state index contributed by atoms with van der Waals surface area (Å²) in [6, 6.07) is 14.0. The Hall–Kier alpha value is -2.12. The first-order chi connectivity index (χ1) is 11.8. The van der Waals surface area contributed by atoms with Gasteiger partial charge in [-0.2, -0.15) is 0 Å². The van der Waals surface area contributed by atoms with Gasteiger partial charge in [0.1, 0.15) is 0 Å². The Bertz CT molecular complexity index is 784. The zero-order valence-electron chi connectivity index (χ0n) is 13.3. The van der Waals surface area contributed by atoms with E-state index in [9.17, 15) is 4.79 Å². The topological polar surface area (TPSA) is 59.8 Å². The van der Waals surface area contributed by atoms with Crippen molar-refractivity contribution in [1.29, 1.82) is 0 Å². The molecule has 0 radical (unpaired) electrons. The fourth-order valence-corrected chi connectivity index (χ4v) is 3.66. The van der Waals surface area contributed by atoms with E-state index in [0.29, 0.717) is 12.3 Å². The van der Waals surface area contributed by atoms with Gasteiger partial charge < -0.3 is 5.32 Å². The molecule has 2 aromatic heterocycles. The molecule has 0 aliphatic rings. The van der Waals surface area contributed by atoms with E-state index in [1.54, 1.807) is 11.3 Å². The Morgan fingerprint density at radius 1 is 1.21 bits per heavy atom. The minimum atomic E-state index is 0.0159. The first kappa shape index (κ1) is 16.7. The lowest BCUT2D eigenvalue weighted by Crippen LogP contribution is -2.25. The molecule has 0 saturated heterocycles. The number of para-hydroxylation sites is 1. The van der Waals surface area contributed by atoms with Crippen LogP contribution in [0.5, 0.6) is 0 Å². The van der Waals surface area contributed by atoms with Crippen LogP contribution in [0.1, 0.15) is 13.3 Å². The van der Waals surface area contributed by atoms with Crippen LogP contribution in [0, 0.1) is 0 Å². The number of rotatable bonds is 7. The van der Waals surface area contributed by atoms with Gasteiger partial charge in [-0.25, -0.2) is 0 Å². The molecule has 0 spiro atoms. The molecule has 124 valence electrons. The molecule has 2 heterocycles. The van der Waals surface area contributed by atoms with Gasteiger partial charge in [0, 0.05) is 12.2 Å². The normalized spacial score (nSPS) is 10.7. The molecule has 3 aromatic rings. The first-order valence-electron chi connectivity index (χ1n) is 7.74. The lowest BCUT2D eigenvalue weighted by molar-refractivity contribution is -0.118. The average Bonchev–Trinajstić information content (AvgIpc) is 3.27. The molecule has 0 aliphatic heterocycles. The fraction of sp³-hybridized carbons (Fsp3) is 0.235. The zero-order valence-corrected chi connectivity index (χ0v) is 14.9. The number of hydrogen-bond acceptors (Lipinski definition) is 5. The maximum Gasteiger partial charge on any atom is 0.230 e. The highest BCUT2D eigenvalue weighted by molar-refractivity contribution is 7.99. The Labute approximate surface area is 149 Å². The van der Waals surface area contributed by atoms with Crippen LogP contribution in [0.3, 0.4) is 0 Å². The van der Waals surface area contributed by atoms with Crippen molar-refractivity contribution in [3.05, 3.63) is 47.8 Å². The van der Waals surface area contributed by atoms with Crippen LogP contribution in [0.4, 0.5) is 0 Å². The van der Waals surface area contributed by atoms with Gasteiger partial charge in [-0.05, 0) is 30.0 Å². The summed E-state index contributed by atoms with van der Waals surface area (Å²) in [6.45, 7) is 2.73. The fourth-order valence-electron chi connectivity index (χ4n) is 2.18. The number of thioether (sulfide) groups is 1. The van der Waals surface area contributed by atoms with Crippen molar-refractivity contribution in [2.45, 2.75) is 18.5 Å². The molecule has 0 saturated carbocycles. The van der Waals surface area contributed by atoms with Crippen LogP contribution in [-0.4, -0.2) is 33.0 Å². The average molecular weight is 358 g/mol. The SMILES string of the molecule is CCCNC(=O)CSc1nnc(-c2cccs2)n1-c1ccccc1. The molecule has 0 unspecified atom stereocenters.